The Morgan fingerprint density at radius 2 is 2.16 bits per heavy atom. The molecule has 2 aromatic rings. The predicted molar refractivity (Wildman–Crippen MR) is 122 cm³/mol. The van der Waals surface area contributed by atoms with Crippen LogP contribution in [0.5, 0.6) is 0 Å². The fourth-order valence-electron chi connectivity index (χ4n) is 4.65. The SMILES string of the molecule is COCCCCn1nc([C@@H](C)N(C(=O)[C@H]2CNCCO2)C2CC2)c2cccc(COC)c21. The zero-order chi connectivity index (χ0) is 22.5. The van der Waals surface area contributed by atoms with Crippen LogP contribution in [0.3, 0.4) is 0 Å². The van der Waals surface area contributed by atoms with Crippen LogP contribution in [-0.2, 0) is 32.2 Å². The van der Waals surface area contributed by atoms with E-state index < -0.39 is 6.10 Å². The maximum Gasteiger partial charge on any atom is 0.253 e. The summed E-state index contributed by atoms with van der Waals surface area (Å²) in [6.45, 7) is 6.12. The van der Waals surface area contributed by atoms with Gasteiger partial charge in [0.1, 0.15) is 6.10 Å². The summed E-state index contributed by atoms with van der Waals surface area (Å²) < 4.78 is 18.6. The lowest BCUT2D eigenvalue weighted by Gasteiger charge is -2.33. The molecule has 4 rings (SSSR count). The lowest BCUT2D eigenvalue weighted by atomic mass is 10.0. The molecule has 1 aromatic carbocycles. The lowest BCUT2D eigenvalue weighted by Crippen LogP contribution is -2.50. The molecule has 1 amide bonds. The summed E-state index contributed by atoms with van der Waals surface area (Å²) in [5.74, 6) is 0.0723. The van der Waals surface area contributed by atoms with Gasteiger partial charge in [0.25, 0.3) is 5.91 Å². The highest BCUT2D eigenvalue weighted by Crippen LogP contribution is 2.37. The zero-order valence-corrected chi connectivity index (χ0v) is 19.5. The Morgan fingerprint density at radius 1 is 1.31 bits per heavy atom. The summed E-state index contributed by atoms with van der Waals surface area (Å²) in [4.78, 5) is 15.5. The first-order valence-electron chi connectivity index (χ1n) is 11.8. The van der Waals surface area contributed by atoms with Gasteiger partial charge in [-0.2, -0.15) is 5.10 Å². The molecule has 32 heavy (non-hydrogen) atoms. The number of hydrogen-bond donors (Lipinski definition) is 1. The normalized spacial score (nSPS) is 19.9. The van der Waals surface area contributed by atoms with Crippen molar-refractivity contribution in [1.82, 2.24) is 20.0 Å². The fourth-order valence-corrected chi connectivity index (χ4v) is 4.65. The number of benzene rings is 1. The van der Waals surface area contributed by atoms with Gasteiger partial charge in [0.15, 0.2) is 0 Å². The molecule has 8 nitrogen and oxygen atoms in total. The number of methoxy groups -OCH3 is 2. The van der Waals surface area contributed by atoms with Crippen molar-refractivity contribution in [3.8, 4) is 0 Å². The maximum atomic E-state index is 13.4. The van der Waals surface area contributed by atoms with Gasteiger partial charge >= 0.3 is 0 Å². The van der Waals surface area contributed by atoms with E-state index in [1.165, 1.54) is 0 Å². The highest BCUT2D eigenvalue weighted by Gasteiger charge is 2.41. The number of aromatic nitrogens is 2. The molecule has 0 bridgehead atoms. The van der Waals surface area contributed by atoms with E-state index in [2.05, 4.69) is 35.1 Å². The van der Waals surface area contributed by atoms with Gasteiger partial charge in [-0.3, -0.25) is 9.48 Å². The Labute approximate surface area is 190 Å². The molecule has 2 atom stereocenters. The predicted octanol–water partition coefficient (Wildman–Crippen LogP) is 2.65. The Balaban J connectivity index is 1.66. The molecule has 0 radical (unpaired) electrons. The maximum absolute atomic E-state index is 13.4. The van der Waals surface area contributed by atoms with Crippen LogP contribution in [0, 0.1) is 0 Å². The summed E-state index contributed by atoms with van der Waals surface area (Å²) in [7, 11) is 3.45. The standard InChI is InChI=1S/C24H36N4O4/c1-17(28(19-9-10-19)24(29)21-15-25-11-14-32-21)22-20-8-6-7-18(16-31-3)23(20)27(26-22)12-4-5-13-30-2/h6-8,17,19,21,25H,4-5,9-16H2,1-3H3/t17-,21-/m1/s1. The number of carbonyl (C=O) groups excluding carboxylic acids is 1. The number of aryl methyl sites for hydroxylation is 1. The van der Waals surface area contributed by atoms with Gasteiger partial charge in [0.2, 0.25) is 0 Å². The number of ether oxygens (including phenoxy) is 3. The van der Waals surface area contributed by atoms with Gasteiger partial charge in [-0.1, -0.05) is 18.2 Å². The molecule has 2 fully saturated rings. The Kier molecular flexibility index (Phi) is 7.78. The van der Waals surface area contributed by atoms with E-state index in [9.17, 15) is 4.79 Å². The molecule has 8 heteroatoms. The molecular weight excluding hydrogens is 408 g/mol. The fraction of sp³-hybridized carbons (Fsp3) is 0.667. The van der Waals surface area contributed by atoms with Crippen LogP contribution in [0.15, 0.2) is 18.2 Å². The molecule has 1 saturated carbocycles. The van der Waals surface area contributed by atoms with Gasteiger partial charge in [0.05, 0.1) is 30.5 Å². The molecule has 0 spiro atoms. The minimum Gasteiger partial charge on any atom is -0.385 e. The summed E-state index contributed by atoms with van der Waals surface area (Å²) in [6, 6.07) is 6.42. The number of hydrogen-bond acceptors (Lipinski definition) is 6. The lowest BCUT2D eigenvalue weighted by molar-refractivity contribution is -0.148. The van der Waals surface area contributed by atoms with Gasteiger partial charge in [-0.05, 0) is 32.6 Å². The zero-order valence-electron chi connectivity index (χ0n) is 19.5. The van der Waals surface area contributed by atoms with Crippen LogP contribution in [0.2, 0.25) is 0 Å². The number of carbonyl (C=O) groups is 1. The first kappa shape index (κ1) is 23.2. The molecule has 0 unspecified atom stereocenters. The van der Waals surface area contributed by atoms with Crippen LogP contribution in [-0.4, -0.2) is 73.3 Å². The minimum atomic E-state index is -0.418. The van der Waals surface area contributed by atoms with Crippen molar-refractivity contribution in [3.05, 3.63) is 29.5 Å². The Bertz CT molecular complexity index is 905. The second-order valence-electron chi connectivity index (χ2n) is 8.77. The third-order valence-electron chi connectivity index (χ3n) is 6.36. The molecule has 1 saturated heterocycles. The smallest absolute Gasteiger partial charge is 0.253 e. The first-order valence-corrected chi connectivity index (χ1v) is 11.8. The van der Waals surface area contributed by atoms with E-state index in [0.29, 0.717) is 19.8 Å². The van der Waals surface area contributed by atoms with Gasteiger partial charge in [-0.15, -0.1) is 0 Å². The molecule has 1 N–H and O–H groups in total. The summed E-state index contributed by atoms with van der Waals surface area (Å²) in [6.07, 6.45) is 3.63. The number of nitrogens with one attached hydrogen (secondary N) is 1. The van der Waals surface area contributed by atoms with E-state index in [0.717, 1.165) is 67.5 Å². The third-order valence-corrected chi connectivity index (χ3v) is 6.36. The summed E-state index contributed by atoms with van der Waals surface area (Å²) in [5.41, 5.74) is 3.17. The van der Waals surface area contributed by atoms with Crippen molar-refractivity contribution in [2.24, 2.45) is 0 Å². The number of rotatable bonds is 11. The van der Waals surface area contributed by atoms with Crippen molar-refractivity contribution >= 4 is 16.8 Å². The second-order valence-corrected chi connectivity index (χ2v) is 8.77. The van der Waals surface area contributed by atoms with Crippen LogP contribution in [0.4, 0.5) is 0 Å². The summed E-state index contributed by atoms with van der Waals surface area (Å²) >= 11 is 0. The number of unbranched alkanes of at least 4 members (excludes halogenated alkanes) is 1. The van der Waals surface area contributed by atoms with Crippen LogP contribution in [0.25, 0.3) is 10.9 Å². The first-order chi connectivity index (χ1) is 15.7. The van der Waals surface area contributed by atoms with Crippen molar-refractivity contribution in [2.45, 2.75) is 63.9 Å². The van der Waals surface area contributed by atoms with E-state index in [4.69, 9.17) is 19.3 Å². The molecule has 2 heterocycles. The number of amides is 1. The van der Waals surface area contributed by atoms with Gasteiger partial charge < -0.3 is 24.4 Å². The van der Waals surface area contributed by atoms with E-state index in [-0.39, 0.29) is 18.0 Å². The highest BCUT2D eigenvalue weighted by atomic mass is 16.5. The molecule has 1 aliphatic carbocycles. The van der Waals surface area contributed by atoms with Gasteiger partial charge in [-0.25, -0.2) is 0 Å². The molecule has 2 aliphatic rings. The number of para-hydroxylation sites is 1. The topological polar surface area (TPSA) is 77.9 Å². The highest BCUT2D eigenvalue weighted by molar-refractivity contribution is 5.87. The van der Waals surface area contributed by atoms with Crippen LogP contribution < -0.4 is 5.32 Å². The average Bonchev–Trinajstić information content (AvgIpc) is 3.58. The van der Waals surface area contributed by atoms with Crippen LogP contribution in [0.1, 0.15) is 49.9 Å². The second kappa shape index (κ2) is 10.7. The van der Waals surface area contributed by atoms with E-state index in [1.807, 2.05) is 4.90 Å². The Morgan fingerprint density at radius 3 is 2.84 bits per heavy atom. The summed E-state index contributed by atoms with van der Waals surface area (Å²) in [5, 5.41) is 9.44. The molecule has 176 valence electrons. The monoisotopic (exact) mass is 444 g/mol. The quantitative estimate of drug-likeness (QED) is 0.537. The van der Waals surface area contributed by atoms with Crippen molar-refractivity contribution < 1.29 is 19.0 Å². The third kappa shape index (κ3) is 4.98. The minimum absolute atomic E-state index is 0.0723. The molecule has 1 aliphatic heterocycles. The van der Waals surface area contributed by atoms with Crippen molar-refractivity contribution in [2.75, 3.05) is 40.5 Å². The number of nitrogens with zero attached hydrogens (tertiary/aromatic N) is 3. The molecular formula is C24H36N4O4. The largest absolute Gasteiger partial charge is 0.385 e. The molecule has 1 aromatic heterocycles. The number of morpholine rings is 1. The van der Waals surface area contributed by atoms with Crippen molar-refractivity contribution in [3.63, 3.8) is 0 Å². The Hall–Kier alpha value is -2.00. The average molecular weight is 445 g/mol. The van der Waals surface area contributed by atoms with Crippen molar-refractivity contribution in [1.29, 1.82) is 0 Å². The van der Waals surface area contributed by atoms with E-state index in [1.54, 1.807) is 14.2 Å². The van der Waals surface area contributed by atoms with Crippen LogP contribution >= 0.6 is 0 Å². The van der Waals surface area contributed by atoms with Gasteiger partial charge in [0, 0.05) is 57.5 Å². The van der Waals surface area contributed by atoms with E-state index >= 15 is 0 Å². The number of fused-ring (bicyclic) bond motifs is 1.